The second-order valence-electron chi connectivity index (χ2n) is 7.83. The summed E-state index contributed by atoms with van der Waals surface area (Å²) in [6.45, 7) is 4.19. The normalized spacial score (nSPS) is 13.7. The first-order valence-corrected chi connectivity index (χ1v) is 12.9. The van der Waals surface area contributed by atoms with Gasteiger partial charge in [0.2, 0.25) is 5.88 Å². The van der Waals surface area contributed by atoms with Crippen LogP contribution in [0.1, 0.15) is 17.3 Å². The van der Waals surface area contributed by atoms with E-state index in [4.69, 9.17) is 14.2 Å². The van der Waals surface area contributed by atoms with E-state index in [2.05, 4.69) is 15.0 Å². The zero-order valence-corrected chi connectivity index (χ0v) is 20.9. The van der Waals surface area contributed by atoms with E-state index >= 15 is 0 Å². The van der Waals surface area contributed by atoms with Gasteiger partial charge >= 0.3 is 0 Å². The molecular formula is C25H28N4O6S. The Hall–Kier alpha value is -3.83. The predicted molar refractivity (Wildman–Crippen MR) is 137 cm³/mol. The largest absolute Gasteiger partial charge is 0.495 e. The number of amides is 1. The van der Waals surface area contributed by atoms with E-state index in [1.54, 1.807) is 55.5 Å². The number of benzene rings is 2. The van der Waals surface area contributed by atoms with Crippen LogP contribution in [0.5, 0.6) is 11.6 Å². The van der Waals surface area contributed by atoms with E-state index in [1.807, 2.05) is 4.90 Å². The molecule has 1 fully saturated rings. The Morgan fingerprint density at radius 3 is 2.64 bits per heavy atom. The number of morpholine rings is 1. The highest BCUT2D eigenvalue weighted by Gasteiger charge is 2.26. The number of anilines is 3. The fourth-order valence-corrected chi connectivity index (χ4v) is 5.14. The lowest BCUT2D eigenvalue weighted by atomic mass is 10.2. The van der Waals surface area contributed by atoms with E-state index in [0.29, 0.717) is 55.7 Å². The maximum Gasteiger partial charge on any atom is 0.264 e. The Balaban J connectivity index is 1.70. The van der Waals surface area contributed by atoms with Gasteiger partial charge in [-0.25, -0.2) is 13.4 Å². The number of carbonyl (C=O) groups is 1. The fraction of sp³-hybridized carbons (Fsp3) is 0.280. The first-order valence-electron chi connectivity index (χ1n) is 11.4. The molecule has 0 bridgehead atoms. The molecule has 0 saturated carbocycles. The second-order valence-corrected chi connectivity index (χ2v) is 9.48. The molecule has 10 nitrogen and oxygen atoms in total. The number of hydrogen-bond donors (Lipinski definition) is 2. The van der Waals surface area contributed by atoms with Crippen molar-refractivity contribution in [1.29, 1.82) is 0 Å². The number of nitrogens with one attached hydrogen (secondary N) is 2. The van der Waals surface area contributed by atoms with Crippen molar-refractivity contribution in [1.82, 2.24) is 4.98 Å². The van der Waals surface area contributed by atoms with Crippen molar-refractivity contribution in [3.8, 4) is 11.6 Å². The zero-order valence-electron chi connectivity index (χ0n) is 20.1. The number of sulfonamides is 1. The third kappa shape index (κ3) is 5.69. The van der Waals surface area contributed by atoms with Crippen LogP contribution in [0, 0.1) is 0 Å². The minimum Gasteiger partial charge on any atom is -0.495 e. The standard InChI is InChI=1S/C25H28N4O6S/c1-3-35-25-19(7-6-12-26-25)24(30)27-18-10-11-21(29-13-15-34-16-14-29)23(17-18)36(31,32)28-20-8-4-5-9-22(20)33-2/h4-12,17,28H,3,13-16H2,1-2H3,(H,27,30). The van der Waals surface area contributed by atoms with E-state index in [0.717, 1.165) is 0 Å². The molecule has 4 rings (SSSR count). The predicted octanol–water partition coefficient (Wildman–Crippen LogP) is 3.38. The quantitative estimate of drug-likeness (QED) is 0.448. The summed E-state index contributed by atoms with van der Waals surface area (Å²) in [5, 5.41) is 2.77. The van der Waals surface area contributed by atoms with Gasteiger partial charge < -0.3 is 24.4 Å². The molecule has 3 aromatic rings. The highest BCUT2D eigenvalue weighted by molar-refractivity contribution is 7.93. The monoisotopic (exact) mass is 512 g/mol. The molecule has 36 heavy (non-hydrogen) atoms. The molecule has 1 aromatic heterocycles. The van der Waals surface area contributed by atoms with Crippen molar-refractivity contribution in [2.45, 2.75) is 11.8 Å². The molecule has 11 heteroatoms. The zero-order chi connectivity index (χ0) is 25.5. The number of rotatable bonds is 9. The van der Waals surface area contributed by atoms with Gasteiger partial charge in [-0.05, 0) is 49.4 Å². The van der Waals surface area contributed by atoms with Gasteiger partial charge in [-0.1, -0.05) is 12.1 Å². The molecule has 0 aliphatic carbocycles. The lowest BCUT2D eigenvalue weighted by Crippen LogP contribution is -2.37. The maximum atomic E-state index is 13.6. The number of hydrogen-bond acceptors (Lipinski definition) is 8. The van der Waals surface area contributed by atoms with Crippen LogP contribution in [-0.2, 0) is 14.8 Å². The van der Waals surface area contributed by atoms with Gasteiger partial charge in [-0.3, -0.25) is 9.52 Å². The molecule has 1 aliphatic rings. The first kappa shape index (κ1) is 25.3. The van der Waals surface area contributed by atoms with Gasteiger partial charge in [0.1, 0.15) is 16.2 Å². The molecular weight excluding hydrogens is 484 g/mol. The van der Waals surface area contributed by atoms with Crippen molar-refractivity contribution in [3.63, 3.8) is 0 Å². The number of aromatic nitrogens is 1. The molecule has 2 N–H and O–H groups in total. The summed E-state index contributed by atoms with van der Waals surface area (Å²) in [6, 6.07) is 14.8. The lowest BCUT2D eigenvalue weighted by Gasteiger charge is -2.30. The molecule has 2 heterocycles. The van der Waals surface area contributed by atoms with Crippen LogP contribution in [0.4, 0.5) is 17.1 Å². The summed E-state index contributed by atoms with van der Waals surface area (Å²) in [6.07, 6.45) is 1.53. The number of nitrogens with zero attached hydrogens (tertiary/aromatic N) is 2. The third-order valence-corrected chi connectivity index (χ3v) is 6.90. The first-order chi connectivity index (χ1) is 17.4. The highest BCUT2D eigenvalue weighted by Crippen LogP contribution is 2.33. The average molecular weight is 513 g/mol. The van der Waals surface area contributed by atoms with Crippen LogP contribution in [-0.4, -0.2) is 59.3 Å². The second kappa shape index (κ2) is 11.3. The van der Waals surface area contributed by atoms with Crippen molar-refractivity contribution < 1.29 is 27.4 Å². The van der Waals surface area contributed by atoms with Gasteiger partial charge in [-0.2, -0.15) is 0 Å². The van der Waals surface area contributed by atoms with Gasteiger partial charge in [0.25, 0.3) is 15.9 Å². The van der Waals surface area contributed by atoms with E-state index in [-0.39, 0.29) is 16.3 Å². The van der Waals surface area contributed by atoms with Crippen LogP contribution < -0.4 is 24.4 Å². The Labute approximate surface area is 210 Å². The van der Waals surface area contributed by atoms with Gasteiger partial charge in [0.15, 0.2) is 0 Å². The fourth-order valence-electron chi connectivity index (χ4n) is 3.82. The number of methoxy groups -OCH3 is 1. The number of carbonyl (C=O) groups excluding carboxylic acids is 1. The lowest BCUT2D eigenvalue weighted by molar-refractivity contribution is 0.102. The number of ether oxygens (including phenoxy) is 3. The summed E-state index contributed by atoms with van der Waals surface area (Å²) in [5.74, 6) is 0.123. The maximum absolute atomic E-state index is 13.6. The van der Waals surface area contributed by atoms with E-state index < -0.39 is 15.9 Å². The van der Waals surface area contributed by atoms with Crippen LogP contribution in [0.15, 0.2) is 65.7 Å². The molecule has 1 aliphatic heterocycles. The minimum atomic E-state index is -4.07. The van der Waals surface area contributed by atoms with Crippen molar-refractivity contribution in [2.75, 3.05) is 55.0 Å². The van der Waals surface area contributed by atoms with Gasteiger partial charge in [0, 0.05) is 25.0 Å². The summed E-state index contributed by atoms with van der Waals surface area (Å²) in [5.41, 5.74) is 1.37. The van der Waals surface area contributed by atoms with E-state index in [1.165, 1.54) is 19.4 Å². The Morgan fingerprint density at radius 1 is 1.11 bits per heavy atom. The van der Waals surface area contributed by atoms with E-state index in [9.17, 15) is 13.2 Å². The summed E-state index contributed by atoms with van der Waals surface area (Å²) < 4.78 is 46.0. The van der Waals surface area contributed by atoms with Crippen molar-refractivity contribution in [3.05, 3.63) is 66.4 Å². The van der Waals surface area contributed by atoms with Crippen molar-refractivity contribution in [2.24, 2.45) is 0 Å². The van der Waals surface area contributed by atoms with Gasteiger partial charge in [-0.15, -0.1) is 0 Å². The summed E-state index contributed by atoms with van der Waals surface area (Å²) in [4.78, 5) is 19.1. The Bertz CT molecular complexity index is 1330. The molecule has 0 atom stereocenters. The molecule has 2 aromatic carbocycles. The minimum absolute atomic E-state index is 0.0179. The smallest absolute Gasteiger partial charge is 0.264 e. The SMILES string of the molecule is CCOc1ncccc1C(=O)Nc1ccc(N2CCOCC2)c(S(=O)(=O)Nc2ccccc2OC)c1. The summed E-state index contributed by atoms with van der Waals surface area (Å²) in [7, 11) is -2.60. The molecule has 0 radical (unpaired) electrons. The summed E-state index contributed by atoms with van der Waals surface area (Å²) >= 11 is 0. The molecule has 1 amide bonds. The topological polar surface area (TPSA) is 119 Å². The molecule has 1 saturated heterocycles. The van der Waals surface area contributed by atoms with Gasteiger partial charge in [0.05, 0.1) is 38.3 Å². The Morgan fingerprint density at radius 2 is 1.89 bits per heavy atom. The molecule has 0 spiro atoms. The average Bonchev–Trinajstić information content (AvgIpc) is 2.90. The van der Waals surface area contributed by atoms with Crippen molar-refractivity contribution >= 4 is 33.0 Å². The third-order valence-electron chi connectivity index (χ3n) is 5.51. The van der Waals surface area contributed by atoms with Crippen LogP contribution >= 0.6 is 0 Å². The highest BCUT2D eigenvalue weighted by atomic mass is 32.2. The molecule has 190 valence electrons. The molecule has 0 unspecified atom stereocenters. The van der Waals surface area contributed by atoms with Crippen LogP contribution in [0.3, 0.4) is 0 Å². The Kier molecular flexibility index (Phi) is 7.91. The van der Waals surface area contributed by atoms with Crippen LogP contribution in [0.25, 0.3) is 0 Å². The number of para-hydroxylation sites is 2. The van der Waals surface area contributed by atoms with Crippen LogP contribution in [0.2, 0.25) is 0 Å². The number of pyridine rings is 1.